The molecule has 0 spiro atoms. The van der Waals surface area contributed by atoms with Crippen molar-refractivity contribution in [1.82, 2.24) is 5.32 Å². The summed E-state index contributed by atoms with van der Waals surface area (Å²) in [5, 5.41) is 3.42. The van der Waals surface area contributed by atoms with E-state index in [1.54, 1.807) is 51.3 Å². The maximum Gasteiger partial charge on any atom is 0.336 e. The lowest BCUT2D eigenvalue weighted by atomic mass is 9.86. The Morgan fingerprint density at radius 3 is 2.29 bits per heavy atom. The first kappa shape index (κ1) is 26.1. The van der Waals surface area contributed by atoms with Crippen LogP contribution >= 0.6 is 23.2 Å². The minimum atomic E-state index is -4.08. The molecule has 7 nitrogen and oxygen atoms in total. The van der Waals surface area contributed by atoms with Gasteiger partial charge in [0.25, 0.3) is 0 Å². The van der Waals surface area contributed by atoms with Crippen LogP contribution < -0.4 is 10.1 Å². The quantitative estimate of drug-likeness (QED) is 0.388. The van der Waals surface area contributed by atoms with E-state index in [0.717, 1.165) is 0 Å². The summed E-state index contributed by atoms with van der Waals surface area (Å²) < 4.78 is 43.3. The second kappa shape index (κ2) is 10.8. The molecule has 10 heteroatoms. The lowest BCUT2D eigenvalue weighted by molar-refractivity contribution is -0.136. The number of ether oxygens (including phenoxy) is 3. The highest BCUT2D eigenvalue weighted by Gasteiger charge is 2.41. The molecule has 1 heterocycles. The molecule has 0 amide bonds. The fraction of sp³-hybridized carbons (Fsp3) is 0.292. The number of hydrogen-bond acceptors (Lipinski definition) is 7. The monoisotopic (exact) mass is 525 g/mol. The smallest absolute Gasteiger partial charge is 0.336 e. The number of carbonyl (C=O) groups excluding carboxylic acids is 1. The van der Waals surface area contributed by atoms with Gasteiger partial charge in [-0.2, -0.15) is 0 Å². The molecule has 2 aromatic carbocycles. The zero-order chi connectivity index (χ0) is 25.0. The Morgan fingerprint density at radius 2 is 1.68 bits per heavy atom. The van der Waals surface area contributed by atoms with Crippen molar-refractivity contribution < 1.29 is 27.4 Å². The predicted molar refractivity (Wildman–Crippen MR) is 131 cm³/mol. The van der Waals surface area contributed by atoms with Crippen molar-refractivity contribution in [2.45, 2.75) is 24.7 Å². The van der Waals surface area contributed by atoms with E-state index in [1.165, 1.54) is 19.2 Å². The molecule has 0 radical (unpaired) electrons. The van der Waals surface area contributed by atoms with Crippen molar-refractivity contribution in [3.8, 4) is 5.75 Å². The number of allylic oxidation sites excluding steroid dienone is 3. The Kier molecular flexibility index (Phi) is 8.30. The highest BCUT2D eigenvalue weighted by atomic mass is 35.5. The van der Waals surface area contributed by atoms with Gasteiger partial charge in [-0.25, -0.2) is 13.2 Å². The molecule has 2 aromatic rings. The largest absolute Gasteiger partial charge is 0.491 e. The van der Waals surface area contributed by atoms with Crippen molar-refractivity contribution in [2.24, 2.45) is 0 Å². The summed E-state index contributed by atoms with van der Waals surface area (Å²) in [5.41, 5.74) is 1.35. The highest BCUT2D eigenvalue weighted by molar-refractivity contribution is 7.95. The average molecular weight is 526 g/mol. The van der Waals surface area contributed by atoms with Gasteiger partial charge in [-0.15, -0.1) is 0 Å². The van der Waals surface area contributed by atoms with Crippen LogP contribution in [0.25, 0.3) is 0 Å². The van der Waals surface area contributed by atoms with Gasteiger partial charge in [0.15, 0.2) is 0 Å². The van der Waals surface area contributed by atoms with Crippen LogP contribution in [0.5, 0.6) is 5.75 Å². The van der Waals surface area contributed by atoms with Crippen LogP contribution in [0.3, 0.4) is 0 Å². The van der Waals surface area contributed by atoms with Gasteiger partial charge in [0.1, 0.15) is 12.4 Å². The lowest BCUT2D eigenvalue weighted by Crippen LogP contribution is -2.31. The Morgan fingerprint density at radius 1 is 1.00 bits per heavy atom. The van der Waals surface area contributed by atoms with E-state index in [-0.39, 0.29) is 25.4 Å². The summed E-state index contributed by atoms with van der Waals surface area (Å²) in [6, 6.07) is 10.9. The standard InChI is InChI=1S/C24H25Cl2NO6S/c1-14-20(24(28)32-4)21(18-6-5-7-19(25)22(18)26)23(15(2)27-14)34(29,30)17-10-8-16(9-11-17)33-13-12-31-3/h5-11,21,27H,12-13H2,1-4H3. The molecule has 1 N–H and O–H groups in total. The molecule has 0 saturated carbocycles. The lowest BCUT2D eigenvalue weighted by Gasteiger charge is -2.31. The number of esters is 1. The molecule has 0 bridgehead atoms. The van der Waals surface area contributed by atoms with Gasteiger partial charge < -0.3 is 19.5 Å². The number of sulfone groups is 1. The van der Waals surface area contributed by atoms with Crippen molar-refractivity contribution in [3.63, 3.8) is 0 Å². The molecule has 0 fully saturated rings. The molecule has 0 aliphatic carbocycles. The topological polar surface area (TPSA) is 90.9 Å². The summed E-state index contributed by atoms with van der Waals surface area (Å²) in [4.78, 5) is 12.8. The van der Waals surface area contributed by atoms with Crippen LogP contribution in [0.1, 0.15) is 25.3 Å². The van der Waals surface area contributed by atoms with Gasteiger partial charge >= 0.3 is 5.97 Å². The van der Waals surface area contributed by atoms with Crippen LogP contribution in [0.2, 0.25) is 10.0 Å². The molecule has 0 saturated heterocycles. The average Bonchev–Trinajstić information content (AvgIpc) is 2.80. The Bertz CT molecular complexity index is 1250. The summed E-state index contributed by atoms with van der Waals surface area (Å²) >= 11 is 12.8. The van der Waals surface area contributed by atoms with Gasteiger partial charge in [0.05, 0.1) is 45.1 Å². The first-order chi connectivity index (χ1) is 16.1. The van der Waals surface area contributed by atoms with E-state index in [9.17, 15) is 13.2 Å². The number of methoxy groups -OCH3 is 2. The molecular formula is C24H25Cl2NO6S. The van der Waals surface area contributed by atoms with Gasteiger partial charge in [0.2, 0.25) is 9.84 Å². The summed E-state index contributed by atoms with van der Waals surface area (Å²) in [5.74, 6) is -1.19. The molecule has 1 atom stereocenters. The van der Waals surface area contributed by atoms with Crippen LogP contribution in [0, 0.1) is 0 Å². The molecule has 1 unspecified atom stereocenters. The van der Waals surface area contributed by atoms with E-state index in [2.05, 4.69) is 5.32 Å². The third kappa shape index (κ3) is 5.10. The molecule has 1 aliphatic heterocycles. The SMILES string of the molecule is COCCOc1ccc(S(=O)(=O)C2=C(C)NC(C)=C(C(=O)OC)C2c2cccc(Cl)c2Cl)cc1. The van der Waals surface area contributed by atoms with Crippen LogP contribution in [0.15, 0.2) is 69.2 Å². The second-order valence-electron chi connectivity index (χ2n) is 7.54. The number of carbonyl (C=O) groups is 1. The number of halogens is 2. The van der Waals surface area contributed by atoms with E-state index in [4.69, 9.17) is 37.4 Å². The first-order valence-corrected chi connectivity index (χ1v) is 12.5. The molecule has 0 aromatic heterocycles. The summed E-state index contributed by atoms with van der Waals surface area (Å²) in [6.45, 7) is 4.05. The third-order valence-corrected chi connectivity index (χ3v) is 8.22. The van der Waals surface area contributed by atoms with Gasteiger partial charge in [-0.05, 0) is 49.7 Å². The van der Waals surface area contributed by atoms with E-state index in [1.807, 2.05) is 0 Å². The zero-order valence-corrected chi connectivity index (χ0v) is 21.5. The molecular weight excluding hydrogens is 501 g/mol. The molecule has 1 aliphatic rings. The van der Waals surface area contributed by atoms with Gasteiger partial charge in [0, 0.05) is 18.5 Å². The normalized spacial score (nSPS) is 16.4. The minimum Gasteiger partial charge on any atom is -0.491 e. The van der Waals surface area contributed by atoms with Crippen molar-refractivity contribution in [2.75, 3.05) is 27.4 Å². The molecule has 34 heavy (non-hydrogen) atoms. The fourth-order valence-corrected chi connectivity index (χ4v) is 6.01. The zero-order valence-electron chi connectivity index (χ0n) is 19.1. The fourth-order valence-electron chi connectivity index (χ4n) is 3.84. The summed E-state index contributed by atoms with van der Waals surface area (Å²) in [7, 11) is -1.28. The van der Waals surface area contributed by atoms with E-state index >= 15 is 0 Å². The maximum atomic E-state index is 13.9. The Labute approximate surface area is 209 Å². The number of benzene rings is 2. The minimum absolute atomic E-state index is 0.0179. The number of rotatable bonds is 8. The number of dihydropyridines is 1. The highest BCUT2D eigenvalue weighted by Crippen LogP contribution is 2.46. The van der Waals surface area contributed by atoms with E-state index in [0.29, 0.717) is 35.9 Å². The Hall–Kier alpha value is -2.52. The third-order valence-electron chi connectivity index (χ3n) is 5.38. The molecule has 182 valence electrons. The number of nitrogens with one attached hydrogen (secondary N) is 1. The van der Waals surface area contributed by atoms with Crippen LogP contribution in [-0.4, -0.2) is 41.8 Å². The van der Waals surface area contributed by atoms with Crippen molar-refractivity contribution in [3.05, 3.63) is 79.9 Å². The maximum absolute atomic E-state index is 13.9. The van der Waals surface area contributed by atoms with Crippen molar-refractivity contribution in [1.29, 1.82) is 0 Å². The van der Waals surface area contributed by atoms with Gasteiger partial charge in [-0.1, -0.05) is 35.3 Å². The second-order valence-corrected chi connectivity index (χ2v) is 10.2. The van der Waals surface area contributed by atoms with Crippen molar-refractivity contribution >= 4 is 39.0 Å². The van der Waals surface area contributed by atoms with Crippen LogP contribution in [0.4, 0.5) is 0 Å². The summed E-state index contributed by atoms with van der Waals surface area (Å²) in [6.07, 6.45) is 0. The van der Waals surface area contributed by atoms with Crippen LogP contribution in [-0.2, 0) is 24.1 Å². The predicted octanol–water partition coefficient (Wildman–Crippen LogP) is 4.86. The van der Waals surface area contributed by atoms with E-state index < -0.39 is 21.7 Å². The van der Waals surface area contributed by atoms with Gasteiger partial charge in [-0.3, -0.25) is 0 Å². The number of hydrogen-bond donors (Lipinski definition) is 1. The first-order valence-electron chi connectivity index (χ1n) is 10.3. The Balaban J connectivity index is 2.16. The molecule has 3 rings (SSSR count).